The quantitative estimate of drug-likeness (QED) is 0.177. The van der Waals surface area contributed by atoms with Gasteiger partial charge in [0.15, 0.2) is 0 Å². The number of nitrogens with one attached hydrogen (secondary N) is 1. The van der Waals surface area contributed by atoms with E-state index in [-0.39, 0.29) is 12.6 Å². The van der Waals surface area contributed by atoms with Crippen molar-refractivity contribution in [3.8, 4) is 0 Å². The van der Waals surface area contributed by atoms with Crippen LogP contribution in [0.4, 0.5) is 5.82 Å². The maximum atomic E-state index is 13.0. The fraction of sp³-hybridized carbons (Fsp3) is 0.400. The van der Waals surface area contributed by atoms with Gasteiger partial charge in [-0.25, -0.2) is 4.98 Å². The average Bonchev–Trinajstić information content (AvgIpc) is 3.35. The summed E-state index contributed by atoms with van der Waals surface area (Å²) in [5.74, 6) is 0.0701. The summed E-state index contributed by atoms with van der Waals surface area (Å²) in [5.41, 5.74) is 2.73. The highest BCUT2D eigenvalue weighted by molar-refractivity contribution is 7.86. The van der Waals surface area contributed by atoms with Gasteiger partial charge in [0.05, 0.1) is 29.2 Å². The number of fused-ring (bicyclic) bond motifs is 2. The second-order valence-electron chi connectivity index (χ2n) is 10.4. The maximum Gasteiger partial charge on any atom is 0.265 e. The number of hydrogen-bond donors (Lipinski definition) is 1. The van der Waals surface area contributed by atoms with Gasteiger partial charge in [-0.15, -0.1) is 0 Å². The first-order chi connectivity index (χ1) is 17.3. The molecule has 0 spiro atoms. The lowest BCUT2D eigenvalue weighted by molar-refractivity contribution is 0.0834. The molecular formula is C25H33N5O5SSi. The van der Waals surface area contributed by atoms with Crippen molar-refractivity contribution in [3.05, 3.63) is 54.0 Å². The number of pyridine rings is 1. The Morgan fingerprint density at radius 3 is 2.57 bits per heavy atom. The van der Waals surface area contributed by atoms with E-state index in [1.165, 1.54) is 0 Å². The summed E-state index contributed by atoms with van der Waals surface area (Å²) in [7, 11) is -3.12. The number of anilines is 1. The van der Waals surface area contributed by atoms with Crippen molar-refractivity contribution in [3.63, 3.8) is 0 Å². The molecule has 1 unspecified atom stereocenters. The van der Waals surface area contributed by atoms with Crippen molar-refractivity contribution in [1.82, 2.24) is 19.3 Å². The van der Waals surface area contributed by atoms with Gasteiger partial charge in [0.2, 0.25) is 0 Å². The summed E-state index contributed by atoms with van der Waals surface area (Å²) in [6, 6.07) is 9.98. The van der Waals surface area contributed by atoms with Gasteiger partial charge < -0.3 is 14.6 Å². The first kappa shape index (κ1) is 27.0. The fourth-order valence-corrected chi connectivity index (χ4v) is 5.43. The van der Waals surface area contributed by atoms with Crippen LogP contribution < -0.4 is 5.32 Å². The molecular weight excluding hydrogens is 510 g/mol. The number of hydrogen-bond acceptors (Lipinski definition) is 7. The van der Waals surface area contributed by atoms with Crippen molar-refractivity contribution < 1.29 is 22.1 Å². The summed E-state index contributed by atoms with van der Waals surface area (Å²) in [4.78, 5) is 17.4. The van der Waals surface area contributed by atoms with Crippen LogP contribution in [0.25, 0.3) is 21.8 Å². The Morgan fingerprint density at radius 2 is 1.86 bits per heavy atom. The van der Waals surface area contributed by atoms with Crippen LogP contribution in [0.3, 0.4) is 0 Å². The van der Waals surface area contributed by atoms with Crippen LogP contribution in [0.2, 0.25) is 25.7 Å². The summed E-state index contributed by atoms with van der Waals surface area (Å²) in [5, 5.41) is 8.81. The molecule has 1 N–H and O–H groups in total. The number of carbonyl (C=O) groups is 1. The molecule has 0 fully saturated rings. The minimum absolute atomic E-state index is 0.218. The van der Waals surface area contributed by atoms with E-state index < -0.39 is 24.3 Å². The van der Waals surface area contributed by atoms with E-state index >= 15 is 0 Å². The van der Waals surface area contributed by atoms with Crippen LogP contribution >= 0.6 is 0 Å². The average molecular weight is 544 g/mol. The lowest BCUT2D eigenvalue weighted by Crippen LogP contribution is -2.22. The normalized spacial score (nSPS) is 13.4. The number of benzene rings is 1. The predicted molar refractivity (Wildman–Crippen MR) is 147 cm³/mol. The molecule has 1 aromatic carbocycles. The molecule has 4 aromatic rings. The van der Waals surface area contributed by atoms with E-state index in [0.29, 0.717) is 23.7 Å². The van der Waals surface area contributed by atoms with Gasteiger partial charge in [0, 0.05) is 50.3 Å². The second kappa shape index (κ2) is 10.4. The first-order valence-electron chi connectivity index (χ1n) is 12.0. The lowest BCUT2D eigenvalue weighted by atomic mass is 10.1. The molecule has 0 bridgehead atoms. The molecule has 198 valence electrons. The van der Waals surface area contributed by atoms with Gasteiger partial charge >= 0.3 is 0 Å². The third-order valence-electron chi connectivity index (χ3n) is 6.02. The van der Waals surface area contributed by atoms with Crippen molar-refractivity contribution in [2.45, 2.75) is 45.4 Å². The van der Waals surface area contributed by atoms with E-state index in [1.807, 2.05) is 23.7 Å². The molecule has 10 nitrogen and oxygen atoms in total. The van der Waals surface area contributed by atoms with Gasteiger partial charge in [0.1, 0.15) is 18.7 Å². The second-order valence-corrected chi connectivity index (χ2v) is 17.6. The Balaban J connectivity index is 1.63. The van der Waals surface area contributed by atoms with Crippen LogP contribution in [0.15, 0.2) is 42.7 Å². The first-order valence-corrected chi connectivity index (χ1v) is 17.5. The number of rotatable bonds is 10. The number of nitrogens with zero attached hydrogens (tertiary/aromatic N) is 4. The SMILES string of the molecule is CC(OS(C)(=O)=O)c1cc2cnc(NC(=O)c3ccc4cnn(C)c4c3)cc2n1COCC[Si](C)(C)C. The Hall–Kier alpha value is -3.06. The molecule has 0 saturated carbocycles. The Morgan fingerprint density at radius 1 is 1.11 bits per heavy atom. The van der Waals surface area contributed by atoms with Crippen LogP contribution in [0.1, 0.15) is 29.1 Å². The van der Waals surface area contributed by atoms with E-state index in [1.54, 1.807) is 42.2 Å². The number of amides is 1. The van der Waals surface area contributed by atoms with Crippen molar-refractivity contribution in [2.75, 3.05) is 18.2 Å². The molecule has 3 heterocycles. The summed E-state index contributed by atoms with van der Waals surface area (Å²) in [6.07, 6.45) is 3.69. The third-order valence-corrected chi connectivity index (χ3v) is 8.37. The van der Waals surface area contributed by atoms with Gasteiger partial charge in [-0.3, -0.25) is 13.7 Å². The Labute approximate surface area is 217 Å². The number of carbonyl (C=O) groups excluding carboxylic acids is 1. The zero-order chi connectivity index (χ0) is 27.0. The molecule has 3 aromatic heterocycles. The van der Waals surface area contributed by atoms with Crippen LogP contribution in [-0.2, 0) is 32.8 Å². The standard InChI is InChI=1S/C25H33N5O5SSi/c1-17(35-36(3,32)33)21-12-20-14-26-24(13-23(20)30(21)16-34-9-10-37(4,5)6)28-25(31)18-7-8-19-15-27-29(2)22(19)11-18/h7-8,11-15,17H,9-10,16H2,1-6H3,(H,26,28,31). The number of ether oxygens (including phenoxy) is 1. The number of aromatic nitrogens is 4. The number of aryl methyl sites for hydroxylation is 1. The largest absolute Gasteiger partial charge is 0.361 e. The van der Waals surface area contributed by atoms with Gasteiger partial charge in [0.25, 0.3) is 16.0 Å². The molecule has 37 heavy (non-hydrogen) atoms. The minimum Gasteiger partial charge on any atom is -0.361 e. The maximum absolute atomic E-state index is 13.0. The molecule has 4 rings (SSSR count). The van der Waals surface area contributed by atoms with Gasteiger partial charge in [-0.05, 0) is 31.2 Å². The molecule has 0 saturated heterocycles. The Bertz CT molecular complexity index is 1550. The lowest BCUT2D eigenvalue weighted by Gasteiger charge is -2.18. The topological polar surface area (TPSA) is 117 Å². The smallest absolute Gasteiger partial charge is 0.265 e. The van der Waals surface area contributed by atoms with E-state index in [2.05, 4.69) is 35.0 Å². The molecule has 1 amide bonds. The summed E-state index contributed by atoms with van der Waals surface area (Å²) in [6.45, 7) is 9.33. The van der Waals surface area contributed by atoms with Crippen LogP contribution in [-0.4, -0.2) is 54.6 Å². The molecule has 1 atom stereocenters. The van der Waals surface area contributed by atoms with Crippen molar-refractivity contribution >= 4 is 51.7 Å². The third kappa shape index (κ3) is 6.63. The van der Waals surface area contributed by atoms with Crippen LogP contribution in [0, 0.1) is 0 Å². The van der Waals surface area contributed by atoms with E-state index in [4.69, 9.17) is 8.92 Å². The zero-order valence-corrected chi connectivity index (χ0v) is 23.8. The van der Waals surface area contributed by atoms with E-state index in [9.17, 15) is 13.2 Å². The van der Waals surface area contributed by atoms with Gasteiger partial charge in [-0.1, -0.05) is 25.7 Å². The van der Waals surface area contributed by atoms with Crippen molar-refractivity contribution in [1.29, 1.82) is 0 Å². The highest BCUT2D eigenvalue weighted by Crippen LogP contribution is 2.29. The molecule has 0 aliphatic heterocycles. The minimum atomic E-state index is -3.67. The summed E-state index contributed by atoms with van der Waals surface area (Å²) >= 11 is 0. The fourth-order valence-electron chi connectivity index (χ4n) is 4.05. The monoisotopic (exact) mass is 543 g/mol. The molecule has 12 heteroatoms. The van der Waals surface area contributed by atoms with E-state index in [0.717, 1.165) is 34.1 Å². The summed E-state index contributed by atoms with van der Waals surface area (Å²) < 4.78 is 38.4. The highest BCUT2D eigenvalue weighted by atomic mass is 32.2. The predicted octanol–water partition coefficient (Wildman–Crippen LogP) is 4.52. The van der Waals surface area contributed by atoms with Gasteiger partial charge in [-0.2, -0.15) is 13.5 Å². The molecule has 0 aliphatic rings. The zero-order valence-electron chi connectivity index (χ0n) is 22.0. The Kier molecular flexibility index (Phi) is 7.56. The van der Waals surface area contributed by atoms with Crippen LogP contribution in [0.5, 0.6) is 0 Å². The van der Waals surface area contributed by atoms with Crippen molar-refractivity contribution in [2.24, 2.45) is 7.05 Å². The highest BCUT2D eigenvalue weighted by Gasteiger charge is 2.21. The molecule has 0 radical (unpaired) electrons. The molecule has 0 aliphatic carbocycles.